The van der Waals surface area contributed by atoms with Crippen molar-refractivity contribution < 1.29 is 17.9 Å². The second-order valence-corrected chi connectivity index (χ2v) is 6.72. The van der Waals surface area contributed by atoms with Gasteiger partial charge in [-0.2, -0.15) is 12.7 Å². The third kappa shape index (κ3) is 4.22. The van der Waals surface area contributed by atoms with Crippen molar-refractivity contribution in [2.24, 2.45) is 11.8 Å². The van der Waals surface area contributed by atoms with Crippen LogP contribution in [-0.4, -0.2) is 45.4 Å². The first-order valence-electron chi connectivity index (χ1n) is 6.19. The smallest absolute Gasteiger partial charge is 0.309 e. The molecule has 1 saturated heterocycles. The van der Waals surface area contributed by atoms with E-state index in [2.05, 4.69) is 9.46 Å². The quantitative estimate of drug-likeness (QED) is 0.737. The average Bonchev–Trinajstić information content (AvgIpc) is 2.35. The Hall–Kier alpha value is -0.660. The molecule has 7 heteroatoms. The van der Waals surface area contributed by atoms with Crippen LogP contribution in [0.1, 0.15) is 26.7 Å². The lowest BCUT2D eigenvalue weighted by Crippen LogP contribution is -2.48. The summed E-state index contributed by atoms with van der Waals surface area (Å²) in [5.74, 6) is -0.431. The molecule has 1 N–H and O–H groups in total. The maximum absolute atomic E-state index is 12.0. The van der Waals surface area contributed by atoms with Gasteiger partial charge in [-0.3, -0.25) is 4.79 Å². The molecule has 0 aromatic rings. The number of nitrogens with zero attached hydrogens (tertiary/aromatic N) is 1. The number of esters is 1. The molecule has 1 fully saturated rings. The van der Waals surface area contributed by atoms with E-state index in [9.17, 15) is 13.2 Å². The molecule has 1 atom stereocenters. The Morgan fingerprint density at radius 3 is 2.72 bits per heavy atom. The molecule has 1 unspecified atom stereocenters. The van der Waals surface area contributed by atoms with E-state index in [1.54, 1.807) is 0 Å². The number of carbonyl (C=O) groups excluding carboxylic acids is 1. The summed E-state index contributed by atoms with van der Waals surface area (Å²) in [4.78, 5) is 11.4. The van der Waals surface area contributed by atoms with Crippen LogP contribution in [0.25, 0.3) is 0 Å². The number of hydrogen-bond acceptors (Lipinski definition) is 4. The van der Waals surface area contributed by atoms with Crippen molar-refractivity contribution in [2.75, 3.05) is 26.7 Å². The molecule has 0 amide bonds. The molecule has 0 saturated carbocycles. The van der Waals surface area contributed by atoms with Crippen molar-refractivity contribution >= 4 is 16.2 Å². The van der Waals surface area contributed by atoms with Crippen molar-refractivity contribution in [3.05, 3.63) is 0 Å². The van der Waals surface area contributed by atoms with Gasteiger partial charge in [0.2, 0.25) is 0 Å². The van der Waals surface area contributed by atoms with Gasteiger partial charge in [-0.05, 0) is 18.8 Å². The van der Waals surface area contributed by atoms with E-state index in [1.165, 1.54) is 11.4 Å². The van der Waals surface area contributed by atoms with Crippen molar-refractivity contribution in [3.63, 3.8) is 0 Å². The third-order valence-electron chi connectivity index (χ3n) is 2.93. The van der Waals surface area contributed by atoms with Crippen LogP contribution in [-0.2, 0) is 19.7 Å². The highest BCUT2D eigenvalue weighted by molar-refractivity contribution is 7.87. The van der Waals surface area contributed by atoms with Gasteiger partial charge in [0, 0.05) is 19.6 Å². The molecular weight excluding hydrogens is 256 g/mol. The highest BCUT2D eigenvalue weighted by Crippen LogP contribution is 2.19. The number of methoxy groups -OCH3 is 1. The number of piperidine rings is 1. The lowest BCUT2D eigenvalue weighted by atomic mass is 10.0. The van der Waals surface area contributed by atoms with Gasteiger partial charge in [0.25, 0.3) is 10.2 Å². The van der Waals surface area contributed by atoms with Gasteiger partial charge in [-0.15, -0.1) is 0 Å². The maximum Gasteiger partial charge on any atom is 0.309 e. The Labute approximate surface area is 109 Å². The molecule has 6 nitrogen and oxygen atoms in total. The summed E-state index contributed by atoms with van der Waals surface area (Å²) in [6.07, 6.45) is 1.37. The first kappa shape index (κ1) is 15.4. The fourth-order valence-corrected chi connectivity index (χ4v) is 3.36. The summed E-state index contributed by atoms with van der Waals surface area (Å²) in [5, 5.41) is 0. The minimum absolute atomic E-state index is 0.208. The molecule has 0 radical (unpaired) electrons. The number of nitrogens with one attached hydrogen (secondary N) is 1. The fraction of sp³-hybridized carbons (Fsp3) is 0.909. The molecule has 0 bridgehead atoms. The van der Waals surface area contributed by atoms with Gasteiger partial charge < -0.3 is 4.74 Å². The predicted molar refractivity (Wildman–Crippen MR) is 68.1 cm³/mol. The molecular formula is C11H22N2O4S. The van der Waals surface area contributed by atoms with E-state index in [-0.39, 0.29) is 24.3 Å². The topological polar surface area (TPSA) is 75.7 Å². The van der Waals surface area contributed by atoms with Crippen LogP contribution < -0.4 is 4.72 Å². The van der Waals surface area contributed by atoms with E-state index >= 15 is 0 Å². The minimum atomic E-state index is -3.48. The third-order valence-corrected chi connectivity index (χ3v) is 4.48. The minimum Gasteiger partial charge on any atom is -0.469 e. The zero-order chi connectivity index (χ0) is 13.8. The van der Waals surface area contributed by atoms with Crippen LogP contribution in [0.15, 0.2) is 0 Å². The maximum atomic E-state index is 12.0. The summed E-state index contributed by atoms with van der Waals surface area (Å²) in [6, 6.07) is 0. The monoisotopic (exact) mass is 278 g/mol. The first-order chi connectivity index (χ1) is 8.36. The molecule has 106 valence electrons. The van der Waals surface area contributed by atoms with Gasteiger partial charge in [0.15, 0.2) is 0 Å². The standard InChI is InChI=1S/C11H22N2O4S/c1-9(2)7-12-18(15,16)13-6-4-5-10(8-13)11(14)17-3/h9-10,12H,4-8H2,1-3H3. The second-order valence-electron chi connectivity index (χ2n) is 4.97. The normalized spacial score (nSPS) is 22.1. The number of carbonyl (C=O) groups is 1. The predicted octanol–water partition coefficient (Wildman–Crippen LogP) is 0.362. The van der Waals surface area contributed by atoms with E-state index in [1.807, 2.05) is 13.8 Å². The van der Waals surface area contributed by atoms with E-state index in [0.717, 1.165) is 0 Å². The molecule has 1 aliphatic heterocycles. The average molecular weight is 278 g/mol. The van der Waals surface area contributed by atoms with E-state index in [0.29, 0.717) is 25.9 Å². The lowest BCUT2D eigenvalue weighted by Gasteiger charge is -2.30. The highest BCUT2D eigenvalue weighted by Gasteiger charge is 2.32. The molecule has 0 aliphatic carbocycles. The van der Waals surface area contributed by atoms with E-state index in [4.69, 9.17) is 0 Å². The van der Waals surface area contributed by atoms with Crippen LogP contribution in [0, 0.1) is 11.8 Å². The molecule has 0 spiro atoms. The summed E-state index contributed by atoms with van der Waals surface area (Å²) < 4.78 is 32.6. The zero-order valence-electron chi connectivity index (χ0n) is 11.2. The van der Waals surface area contributed by atoms with Crippen LogP contribution in [0.2, 0.25) is 0 Å². The summed E-state index contributed by atoms with van der Waals surface area (Å²) in [6.45, 7) is 4.95. The van der Waals surface area contributed by atoms with Crippen LogP contribution in [0.5, 0.6) is 0 Å². The Morgan fingerprint density at radius 1 is 1.50 bits per heavy atom. The molecule has 1 rings (SSSR count). The molecule has 18 heavy (non-hydrogen) atoms. The van der Waals surface area contributed by atoms with Gasteiger partial charge >= 0.3 is 5.97 Å². The summed E-state index contributed by atoms with van der Waals surface area (Å²) in [7, 11) is -2.15. The Kier molecular flexibility index (Phi) is 5.55. The Balaban J connectivity index is 2.62. The van der Waals surface area contributed by atoms with Crippen LogP contribution in [0.3, 0.4) is 0 Å². The Bertz CT molecular complexity index is 381. The largest absolute Gasteiger partial charge is 0.469 e. The Morgan fingerprint density at radius 2 is 2.17 bits per heavy atom. The fourth-order valence-electron chi connectivity index (χ4n) is 1.88. The van der Waals surface area contributed by atoms with Gasteiger partial charge in [0.1, 0.15) is 0 Å². The first-order valence-corrected chi connectivity index (χ1v) is 7.63. The summed E-state index contributed by atoms with van der Waals surface area (Å²) in [5.41, 5.74) is 0. The van der Waals surface area contributed by atoms with Crippen molar-refractivity contribution in [2.45, 2.75) is 26.7 Å². The number of ether oxygens (including phenoxy) is 1. The second kappa shape index (κ2) is 6.49. The zero-order valence-corrected chi connectivity index (χ0v) is 12.0. The molecule has 1 heterocycles. The SMILES string of the molecule is COC(=O)C1CCCN(S(=O)(=O)NCC(C)C)C1. The lowest BCUT2D eigenvalue weighted by molar-refractivity contribution is -0.146. The highest BCUT2D eigenvalue weighted by atomic mass is 32.2. The van der Waals surface area contributed by atoms with Crippen molar-refractivity contribution in [1.82, 2.24) is 9.03 Å². The molecule has 0 aromatic carbocycles. The van der Waals surface area contributed by atoms with Crippen molar-refractivity contribution in [3.8, 4) is 0 Å². The number of hydrogen-bond donors (Lipinski definition) is 1. The molecule has 0 aromatic heterocycles. The molecule has 1 aliphatic rings. The van der Waals surface area contributed by atoms with Gasteiger partial charge in [0.05, 0.1) is 13.0 Å². The van der Waals surface area contributed by atoms with Crippen LogP contribution >= 0.6 is 0 Å². The van der Waals surface area contributed by atoms with Gasteiger partial charge in [-0.1, -0.05) is 13.8 Å². The van der Waals surface area contributed by atoms with Crippen molar-refractivity contribution in [1.29, 1.82) is 0 Å². The van der Waals surface area contributed by atoms with Crippen LogP contribution in [0.4, 0.5) is 0 Å². The van der Waals surface area contributed by atoms with Gasteiger partial charge in [-0.25, -0.2) is 4.72 Å². The summed E-state index contributed by atoms with van der Waals surface area (Å²) >= 11 is 0. The number of rotatable bonds is 5. The van der Waals surface area contributed by atoms with E-state index < -0.39 is 10.2 Å².